The van der Waals surface area contributed by atoms with Crippen LogP contribution in [0.4, 0.5) is 0 Å². The average Bonchev–Trinajstić information content (AvgIpc) is 3.52. The molecule has 162 valence electrons. The fraction of sp³-hybridized carbons (Fsp3) is 0.346. The van der Waals surface area contributed by atoms with Crippen LogP contribution in [-0.4, -0.2) is 17.9 Å². The zero-order valence-corrected chi connectivity index (χ0v) is 18.0. The van der Waals surface area contributed by atoms with Crippen LogP contribution in [-0.2, 0) is 24.5 Å². The number of ether oxygens (including phenoxy) is 2. The molecular formula is C26H29NO4. The van der Waals surface area contributed by atoms with Gasteiger partial charge >= 0.3 is 0 Å². The van der Waals surface area contributed by atoms with E-state index in [-0.39, 0.29) is 11.8 Å². The molecule has 0 unspecified atom stereocenters. The molecule has 1 aliphatic rings. The molecule has 1 aliphatic carbocycles. The molecule has 0 radical (unpaired) electrons. The molecule has 0 spiro atoms. The maximum atomic E-state index is 13.2. The van der Waals surface area contributed by atoms with Crippen molar-refractivity contribution < 1.29 is 18.7 Å². The third-order valence-electron chi connectivity index (χ3n) is 5.78. The number of methoxy groups -OCH3 is 1. The number of amides is 1. The van der Waals surface area contributed by atoms with E-state index in [0.717, 1.165) is 42.6 Å². The van der Waals surface area contributed by atoms with Crippen LogP contribution in [0, 0.1) is 5.92 Å². The second kappa shape index (κ2) is 10.2. The molecule has 5 nitrogen and oxygen atoms in total. The van der Waals surface area contributed by atoms with Crippen molar-refractivity contribution in [2.75, 3.05) is 7.11 Å². The first-order valence-electron chi connectivity index (χ1n) is 10.9. The number of carbonyl (C=O) groups excluding carboxylic acids is 1. The minimum atomic E-state index is 0.116. The van der Waals surface area contributed by atoms with Crippen molar-refractivity contribution in [3.8, 4) is 11.5 Å². The molecule has 4 rings (SSSR count). The van der Waals surface area contributed by atoms with Gasteiger partial charge in [0.15, 0.2) is 11.5 Å². The highest BCUT2D eigenvalue weighted by Gasteiger charge is 2.28. The number of carbonyl (C=O) groups is 1. The van der Waals surface area contributed by atoms with Crippen molar-refractivity contribution in [1.29, 1.82) is 0 Å². The van der Waals surface area contributed by atoms with E-state index in [1.807, 2.05) is 65.6 Å². The Labute approximate surface area is 183 Å². The molecule has 0 atom stereocenters. The van der Waals surface area contributed by atoms with Gasteiger partial charge in [-0.25, -0.2) is 0 Å². The summed E-state index contributed by atoms with van der Waals surface area (Å²) in [5, 5.41) is 0. The highest BCUT2D eigenvalue weighted by molar-refractivity contribution is 5.79. The molecule has 0 saturated heterocycles. The summed E-state index contributed by atoms with van der Waals surface area (Å²) >= 11 is 0. The fourth-order valence-electron chi connectivity index (χ4n) is 4.12. The minimum Gasteiger partial charge on any atom is -0.493 e. The van der Waals surface area contributed by atoms with Gasteiger partial charge in [-0.2, -0.15) is 0 Å². The maximum Gasteiger partial charge on any atom is 0.226 e. The first-order valence-corrected chi connectivity index (χ1v) is 10.9. The largest absolute Gasteiger partial charge is 0.493 e. The van der Waals surface area contributed by atoms with Crippen LogP contribution in [0.15, 0.2) is 71.3 Å². The Morgan fingerprint density at radius 2 is 1.77 bits per heavy atom. The van der Waals surface area contributed by atoms with Gasteiger partial charge in [0.1, 0.15) is 12.4 Å². The van der Waals surface area contributed by atoms with E-state index in [0.29, 0.717) is 31.2 Å². The highest BCUT2D eigenvalue weighted by atomic mass is 16.5. The molecule has 1 heterocycles. The molecule has 0 aliphatic heterocycles. The summed E-state index contributed by atoms with van der Waals surface area (Å²) in [7, 11) is 1.64. The molecule has 1 aromatic heterocycles. The number of benzene rings is 2. The number of nitrogens with zero attached hydrogens (tertiary/aromatic N) is 1. The minimum absolute atomic E-state index is 0.116. The highest BCUT2D eigenvalue weighted by Crippen LogP contribution is 2.31. The average molecular weight is 420 g/mol. The van der Waals surface area contributed by atoms with Gasteiger partial charge in [-0.3, -0.25) is 4.79 Å². The Bertz CT molecular complexity index is 962. The predicted octanol–water partition coefficient (Wildman–Crippen LogP) is 5.59. The summed E-state index contributed by atoms with van der Waals surface area (Å²) in [6.45, 7) is 1.45. The lowest BCUT2D eigenvalue weighted by atomic mass is 10.1. The van der Waals surface area contributed by atoms with E-state index in [2.05, 4.69) is 0 Å². The molecule has 3 aromatic rings. The first kappa shape index (κ1) is 21.0. The molecule has 1 fully saturated rings. The molecular weight excluding hydrogens is 390 g/mol. The van der Waals surface area contributed by atoms with Crippen molar-refractivity contribution >= 4 is 5.91 Å². The summed E-state index contributed by atoms with van der Waals surface area (Å²) < 4.78 is 17.1. The Balaban J connectivity index is 1.48. The van der Waals surface area contributed by atoms with Crippen molar-refractivity contribution in [3.63, 3.8) is 0 Å². The SMILES string of the molecule is COc1cc(CN(Cc2ccco2)C(=O)C2CCCC2)ccc1OCc1ccccc1. The first-order chi connectivity index (χ1) is 15.2. The number of hydrogen-bond acceptors (Lipinski definition) is 4. The summed E-state index contributed by atoms with van der Waals surface area (Å²) in [5.74, 6) is 2.47. The van der Waals surface area contributed by atoms with Crippen molar-refractivity contribution in [1.82, 2.24) is 4.90 Å². The maximum absolute atomic E-state index is 13.2. The van der Waals surface area contributed by atoms with E-state index in [4.69, 9.17) is 13.9 Å². The van der Waals surface area contributed by atoms with E-state index in [9.17, 15) is 4.79 Å². The van der Waals surface area contributed by atoms with Gasteiger partial charge in [-0.15, -0.1) is 0 Å². The Morgan fingerprint density at radius 1 is 0.968 bits per heavy atom. The topological polar surface area (TPSA) is 51.9 Å². The van der Waals surface area contributed by atoms with Crippen LogP contribution in [0.25, 0.3) is 0 Å². The van der Waals surface area contributed by atoms with Crippen LogP contribution in [0.3, 0.4) is 0 Å². The van der Waals surface area contributed by atoms with E-state index >= 15 is 0 Å². The lowest BCUT2D eigenvalue weighted by molar-refractivity contribution is -0.136. The second-order valence-corrected chi connectivity index (χ2v) is 8.01. The smallest absolute Gasteiger partial charge is 0.226 e. The molecule has 0 N–H and O–H groups in total. The molecule has 31 heavy (non-hydrogen) atoms. The Morgan fingerprint density at radius 3 is 2.48 bits per heavy atom. The number of furan rings is 1. The Hall–Kier alpha value is -3.21. The fourth-order valence-corrected chi connectivity index (χ4v) is 4.12. The zero-order valence-electron chi connectivity index (χ0n) is 18.0. The summed E-state index contributed by atoms with van der Waals surface area (Å²) in [6, 6.07) is 19.7. The monoisotopic (exact) mass is 419 g/mol. The molecule has 1 amide bonds. The summed E-state index contributed by atoms with van der Waals surface area (Å²) in [5.41, 5.74) is 2.10. The van der Waals surface area contributed by atoms with Crippen LogP contribution in [0.1, 0.15) is 42.6 Å². The van der Waals surface area contributed by atoms with Crippen molar-refractivity contribution in [2.24, 2.45) is 5.92 Å². The molecule has 0 bridgehead atoms. The standard InChI is InChI=1S/C26H29NO4/c1-29-25-16-21(13-14-24(25)31-19-20-8-3-2-4-9-20)17-27(18-23-12-7-15-30-23)26(28)22-10-5-6-11-22/h2-4,7-9,12-16,22H,5-6,10-11,17-19H2,1H3. The van der Waals surface area contributed by atoms with Gasteiger partial charge in [0.05, 0.1) is 19.9 Å². The van der Waals surface area contributed by atoms with Gasteiger partial charge < -0.3 is 18.8 Å². The van der Waals surface area contributed by atoms with Crippen LogP contribution in [0.5, 0.6) is 11.5 Å². The third-order valence-corrected chi connectivity index (χ3v) is 5.78. The van der Waals surface area contributed by atoms with E-state index < -0.39 is 0 Å². The number of rotatable bonds is 9. The molecule has 5 heteroatoms. The van der Waals surface area contributed by atoms with Gasteiger partial charge in [-0.1, -0.05) is 49.2 Å². The van der Waals surface area contributed by atoms with Gasteiger partial charge in [-0.05, 0) is 48.2 Å². The summed E-state index contributed by atoms with van der Waals surface area (Å²) in [4.78, 5) is 15.1. The molecule has 2 aromatic carbocycles. The van der Waals surface area contributed by atoms with Gasteiger partial charge in [0, 0.05) is 12.5 Å². The van der Waals surface area contributed by atoms with E-state index in [1.165, 1.54) is 0 Å². The Kier molecular flexibility index (Phi) is 6.92. The van der Waals surface area contributed by atoms with Crippen molar-refractivity contribution in [3.05, 3.63) is 83.8 Å². The lowest BCUT2D eigenvalue weighted by Crippen LogP contribution is -2.34. The molecule has 1 saturated carbocycles. The van der Waals surface area contributed by atoms with E-state index in [1.54, 1.807) is 13.4 Å². The summed E-state index contributed by atoms with van der Waals surface area (Å²) in [6.07, 6.45) is 5.86. The van der Waals surface area contributed by atoms with Crippen LogP contribution >= 0.6 is 0 Å². The second-order valence-electron chi connectivity index (χ2n) is 8.01. The third kappa shape index (κ3) is 5.48. The zero-order chi connectivity index (χ0) is 21.5. The lowest BCUT2D eigenvalue weighted by Gasteiger charge is -2.25. The normalized spacial score (nSPS) is 13.8. The van der Waals surface area contributed by atoms with Gasteiger partial charge in [0.25, 0.3) is 0 Å². The van der Waals surface area contributed by atoms with Crippen LogP contribution < -0.4 is 9.47 Å². The quantitative estimate of drug-likeness (QED) is 0.454. The van der Waals surface area contributed by atoms with Crippen LogP contribution in [0.2, 0.25) is 0 Å². The number of hydrogen-bond donors (Lipinski definition) is 0. The van der Waals surface area contributed by atoms with Crippen molar-refractivity contribution in [2.45, 2.75) is 45.4 Å². The predicted molar refractivity (Wildman–Crippen MR) is 119 cm³/mol. The van der Waals surface area contributed by atoms with Gasteiger partial charge in [0.2, 0.25) is 5.91 Å².